The van der Waals surface area contributed by atoms with Crippen LogP contribution in [0.4, 0.5) is 14.9 Å². The molecule has 2 aromatic rings. The number of nitrogens with zero attached hydrogens (tertiary/aromatic N) is 1. The van der Waals surface area contributed by atoms with Gasteiger partial charge in [0.15, 0.2) is 17.3 Å². The monoisotopic (exact) mass is 428 g/mol. The summed E-state index contributed by atoms with van der Waals surface area (Å²) >= 11 is 0. The number of benzene rings is 2. The number of ether oxygens (including phenoxy) is 3. The summed E-state index contributed by atoms with van der Waals surface area (Å²) in [5, 5.41) is 2.68. The molecule has 1 saturated heterocycles. The van der Waals surface area contributed by atoms with E-state index in [9.17, 15) is 14.0 Å². The van der Waals surface area contributed by atoms with Gasteiger partial charge >= 0.3 is 6.09 Å². The number of hydrogen-bond acceptors (Lipinski definition) is 6. The highest BCUT2D eigenvalue weighted by atomic mass is 19.1. The lowest BCUT2D eigenvalue weighted by atomic mass is 9.89. The van der Waals surface area contributed by atoms with E-state index in [2.05, 4.69) is 10.2 Å². The van der Waals surface area contributed by atoms with Crippen LogP contribution in [0.2, 0.25) is 0 Å². The Morgan fingerprint density at radius 2 is 1.87 bits per heavy atom. The number of para-hydroxylation sites is 1. The smallest absolute Gasteiger partial charge is 0.411 e. The van der Waals surface area contributed by atoms with Crippen molar-refractivity contribution in [3.63, 3.8) is 0 Å². The summed E-state index contributed by atoms with van der Waals surface area (Å²) < 4.78 is 28.9. The number of ketones is 1. The molecule has 0 unspecified atom stereocenters. The lowest BCUT2D eigenvalue weighted by Gasteiger charge is -2.31. The minimum atomic E-state index is -0.535. The van der Waals surface area contributed by atoms with Crippen LogP contribution in [0.15, 0.2) is 42.5 Å². The number of likely N-dealkylation sites (tertiary alicyclic amines) is 1. The standard InChI is InChI=1S/C23H25FN2O5/c24-18-7-5-16(6-8-18)21(27)17-9-12-26(13-10-17)11-2-14-29-23(28)25-19-3-1-4-20-22(19)31-15-30-20/h1,3-8,17H,2,9-15H2,(H,25,28). The zero-order valence-electron chi connectivity index (χ0n) is 17.1. The van der Waals surface area contributed by atoms with Gasteiger partial charge in [-0.05, 0) is 68.8 Å². The third kappa shape index (κ3) is 5.32. The predicted octanol–water partition coefficient (Wildman–Crippen LogP) is 4.09. The molecule has 7 nitrogen and oxygen atoms in total. The van der Waals surface area contributed by atoms with Crippen molar-refractivity contribution in [3.05, 3.63) is 53.8 Å². The van der Waals surface area contributed by atoms with Crippen molar-refractivity contribution >= 4 is 17.6 Å². The Kier molecular flexibility index (Phi) is 6.66. The van der Waals surface area contributed by atoms with Gasteiger partial charge < -0.3 is 19.1 Å². The van der Waals surface area contributed by atoms with E-state index in [4.69, 9.17) is 14.2 Å². The molecular weight excluding hydrogens is 403 g/mol. The van der Waals surface area contributed by atoms with E-state index < -0.39 is 6.09 Å². The molecule has 0 spiro atoms. The van der Waals surface area contributed by atoms with E-state index in [1.807, 2.05) is 0 Å². The van der Waals surface area contributed by atoms with Crippen molar-refractivity contribution < 1.29 is 28.2 Å². The number of carbonyl (C=O) groups is 2. The molecule has 8 heteroatoms. The Labute approximate surface area is 180 Å². The van der Waals surface area contributed by atoms with Crippen molar-refractivity contribution in [1.82, 2.24) is 4.90 Å². The molecule has 31 heavy (non-hydrogen) atoms. The zero-order chi connectivity index (χ0) is 21.6. The van der Waals surface area contributed by atoms with Crippen molar-refractivity contribution in [2.75, 3.05) is 38.4 Å². The van der Waals surface area contributed by atoms with Crippen molar-refractivity contribution in [2.45, 2.75) is 19.3 Å². The highest BCUT2D eigenvalue weighted by molar-refractivity contribution is 5.97. The molecule has 0 radical (unpaired) electrons. The Morgan fingerprint density at radius 1 is 1.10 bits per heavy atom. The molecule has 1 fully saturated rings. The van der Waals surface area contributed by atoms with Crippen LogP contribution in [0.5, 0.6) is 11.5 Å². The first-order valence-electron chi connectivity index (χ1n) is 10.4. The Balaban J connectivity index is 1.14. The fourth-order valence-electron chi connectivity index (χ4n) is 3.90. The van der Waals surface area contributed by atoms with E-state index in [0.29, 0.717) is 35.8 Å². The highest BCUT2D eigenvalue weighted by Gasteiger charge is 2.25. The fourth-order valence-corrected chi connectivity index (χ4v) is 3.90. The first kappa shape index (κ1) is 21.1. The number of carbonyl (C=O) groups excluding carboxylic acids is 2. The van der Waals surface area contributed by atoms with Crippen LogP contribution in [-0.4, -0.2) is 49.8 Å². The molecule has 2 heterocycles. The molecule has 0 bridgehead atoms. The summed E-state index contributed by atoms with van der Waals surface area (Å²) in [7, 11) is 0. The minimum absolute atomic E-state index is 0.0254. The van der Waals surface area contributed by atoms with Crippen LogP contribution >= 0.6 is 0 Å². The van der Waals surface area contributed by atoms with E-state index >= 15 is 0 Å². The van der Waals surface area contributed by atoms with Crippen LogP contribution in [0.1, 0.15) is 29.6 Å². The summed E-state index contributed by atoms with van der Waals surface area (Å²) in [4.78, 5) is 26.9. The van der Waals surface area contributed by atoms with Crippen molar-refractivity contribution in [2.24, 2.45) is 5.92 Å². The number of rotatable bonds is 7. The molecule has 0 saturated carbocycles. The number of anilines is 1. The second-order valence-corrected chi connectivity index (χ2v) is 7.64. The second kappa shape index (κ2) is 9.78. The largest absolute Gasteiger partial charge is 0.454 e. The lowest BCUT2D eigenvalue weighted by Crippen LogP contribution is -2.37. The van der Waals surface area contributed by atoms with E-state index in [1.54, 1.807) is 30.3 Å². The van der Waals surface area contributed by atoms with Gasteiger partial charge in [0.25, 0.3) is 0 Å². The number of fused-ring (bicyclic) bond motifs is 1. The maximum absolute atomic E-state index is 13.0. The molecule has 2 aromatic carbocycles. The summed E-state index contributed by atoms with van der Waals surface area (Å²) in [6.07, 6.45) is 1.72. The van der Waals surface area contributed by atoms with Gasteiger partial charge in [0.2, 0.25) is 6.79 Å². The van der Waals surface area contributed by atoms with Gasteiger partial charge in [0, 0.05) is 18.0 Å². The third-order valence-corrected chi connectivity index (χ3v) is 5.57. The second-order valence-electron chi connectivity index (χ2n) is 7.64. The normalized spacial score (nSPS) is 16.2. The van der Waals surface area contributed by atoms with Gasteiger partial charge in [0.05, 0.1) is 12.3 Å². The molecule has 2 aliphatic rings. The molecule has 1 amide bonds. The Hall–Kier alpha value is -3.13. The third-order valence-electron chi connectivity index (χ3n) is 5.57. The molecule has 0 aromatic heterocycles. The Morgan fingerprint density at radius 3 is 2.65 bits per heavy atom. The van der Waals surface area contributed by atoms with Crippen LogP contribution in [0, 0.1) is 11.7 Å². The highest BCUT2D eigenvalue weighted by Crippen LogP contribution is 2.38. The van der Waals surface area contributed by atoms with Crippen LogP contribution in [0.25, 0.3) is 0 Å². The topological polar surface area (TPSA) is 77.1 Å². The van der Waals surface area contributed by atoms with Gasteiger partial charge in [-0.1, -0.05) is 6.07 Å². The van der Waals surface area contributed by atoms with Gasteiger partial charge in [0.1, 0.15) is 5.82 Å². The maximum atomic E-state index is 13.0. The van der Waals surface area contributed by atoms with E-state index in [1.165, 1.54) is 12.1 Å². The maximum Gasteiger partial charge on any atom is 0.411 e. The van der Waals surface area contributed by atoms with Crippen molar-refractivity contribution in [3.8, 4) is 11.5 Å². The number of amides is 1. The molecule has 0 atom stereocenters. The van der Waals surface area contributed by atoms with Gasteiger partial charge in [-0.15, -0.1) is 0 Å². The predicted molar refractivity (Wildman–Crippen MR) is 112 cm³/mol. The number of hydrogen-bond donors (Lipinski definition) is 1. The molecule has 164 valence electrons. The Bertz CT molecular complexity index is 926. The SMILES string of the molecule is O=C(Nc1cccc2c1OCO2)OCCCN1CCC(C(=O)c2ccc(F)cc2)CC1. The number of nitrogens with one attached hydrogen (secondary N) is 1. The molecule has 0 aliphatic carbocycles. The number of Topliss-reactive ketones (excluding diaryl/α,β-unsaturated/α-hetero) is 1. The summed E-state index contributed by atoms with van der Waals surface area (Å²) in [5.74, 6) is 0.831. The van der Waals surface area contributed by atoms with E-state index in [0.717, 1.165) is 32.5 Å². The van der Waals surface area contributed by atoms with E-state index in [-0.39, 0.29) is 24.3 Å². The van der Waals surface area contributed by atoms with Crippen LogP contribution in [-0.2, 0) is 4.74 Å². The molecule has 2 aliphatic heterocycles. The average molecular weight is 428 g/mol. The molecule has 1 N–H and O–H groups in total. The lowest BCUT2D eigenvalue weighted by molar-refractivity contribution is 0.0830. The first-order chi connectivity index (χ1) is 15.1. The zero-order valence-corrected chi connectivity index (χ0v) is 17.1. The number of halogens is 1. The first-order valence-corrected chi connectivity index (χ1v) is 10.4. The quantitative estimate of drug-likeness (QED) is 0.529. The summed E-state index contributed by atoms with van der Waals surface area (Å²) in [6.45, 7) is 2.86. The van der Waals surface area contributed by atoms with Gasteiger partial charge in [-0.2, -0.15) is 0 Å². The summed E-state index contributed by atoms with van der Waals surface area (Å²) in [5.41, 5.74) is 1.09. The molecular formula is C23H25FN2O5. The van der Waals surface area contributed by atoms with Crippen LogP contribution in [0.3, 0.4) is 0 Å². The molecule has 4 rings (SSSR count). The van der Waals surface area contributed by atoms with Crippen molar-refractivity contribution in [1.29, 1.82) is 0 Å². The fraction of sp³-hybridized carbons (Fsp3) is 0.391. The number of piperidine rings is 1. The van der Waals surface area contributed by atoms with Crippen LogP contribution < -0.4 is 14.8 Å². The van der Waals surface area contributed by atoms with Gasteiger partial charge in [-0.3, -0.25) is 10.1 Å². The summed E-state index contributed by atoms with van der Waals surface area (Å²) in [6, 6.07) is 11.0. The van der Waals surface area contributed by atoms with Gasteiger partial charge in [-0.25, -0.2) is 9.18 Å². The average Bonchev–Trinajstić information content (AvgIpc) is 3.27. The minimum Gasteiger partial charge on any atom is -0.454 e.